The van der Waals surface area contributed by atoms with Gasteiger partial charge in [0.1, 0.15) is 22.5 Å². The second-order valence-corrected chi connectivity index (χ2v) is 5.56. The van der Waals surface area contributed by atoms with Crippen molar-refractivity contribution in [1.29, 1.82) is 5.26 Å². The summed E-state index contributed by atoms with van der Waals surface area (Å²) in [5.74, 6) is -0.710. The Balaban J connectivity index is 2.54. The van der Waals surface area contributed by atoms with Crippen molar-refractivity contribution in [3.05, 3.63) is 32.0 Å². The number of likely N-dealkylation sites (N-methyl/N-ethyl adjacent to an activating group) is 1. The van der Waals surface area contributed by atoms with Gasteiger partial charge in [-0.25, -0.2) is 9.37 Å². The summed E-state index contributed by atoms with van der Waals surface area (Å²) >= 11 is 9.10. The van der Waals surface area contributed by atoms with Crippen molar-refractivity contribution in [2.45, 2.75) is 12.5 Å². The molecule has 6 nitrogen and oxygen atoms in total. The van der Waals surface area contributed by atoms with Crippen LogP contribution in [0.4, 0.5) is 4.39 Å². The quantitative estimate of drug-likeness (QED) is 0.766. The van der Waals surface area contributed by atoms with E-state index in [1.54, 1.807) is 7.05 Å². The Labute approximate surface area is 138 Å². The second kappa shape index (κ2) is 7.05. The van der Waals surface area contributed by atoms with E-state index >= 15 is 0 Å². The van der Waals surface area contributed by atoms with Crippen LogP contribution >= 0.6 is 27.5 Å². The molecule has 1 heterocycles. The van der Waals surface area contributed by atoms with E-state index in [-0.39, 0.29) is 45.2 Å². The molecule has 0 fully saturated rings. The third-order valence-corrected chi connectivity index (χ3v) is 4.38. The monoisotopic (exact) mass is 388 g/mol. The standard InChI is InChI=1S/C13H11BrClFN4O2/c1-18-6(2-3-17)4-22-12-7-11(19-5-20-13(7)21)10(16)8(14)9(12)15/h5-6,18H,2,4H2,1H3,(H,19,20,21). The van der Waals surface area contributed by atoms with Crippen molar-refractivity contribution >= 4 is 38.4 Å². The van der Waals surface area contributed by atoms with Crippen LogP contribution in [0.15, 0.2) is 15.6 Å². The maximum absolute atomic E-state index is 14.1. The number of nitriles is 1. The van der Waals surface area contributed by atoms with E-state index in [1.165, 1.54) is 0 Å². The van der Waals surface area contributed by atoms with Crippen molar-refractivity contribution in [2.24, 2.45) is 0 Å². The van der Waals surface area contributed by atoms with Crippen LogP contribution < -0.4 is 15.6 Å². The lowest BCUT2D eigenvalue weighted by atomic mass is 10.2. The molecule has 0 spiro atoms. The SMILES string of the molecule is CNC(CC#N)COc1c(Cl)c(Br)c(F)c2nc[nH]c(=O)c12. The Kier molecular flexibility index (Phi) is 5.34. The molecule has 22 heavy (non-hydrogen) atoms. The summed E-state index contributed by atoms with van der Waals surface area (Å²) in [7, 11) is 1.68. The number of ether oxygens (including phenoxy) is 1. The first-order valence-electron chi connectivity index (χ1n) is 6.22. The molecule has 0 bridgehead atoms. The number of hydrogen-bond donors (Lipinski definition) is 2. The fourth-order valence-corrected chi connectivity index (χ4v) is 2.46. The molecule has 0 aliphatic heterocycles. The van der Waals surface area contributed by atoms with Crippen molar-refractivity contribution < 1.29 is 9.13 Å². The lowest BCUT2D eigenvalue weighted by molar-refractivity contribution is 0.275. The van der Waals surface area contributed by atoms with Crippen molar-refractivity contribution in [1.82, 2.24) is 15.3 Å². The molecule has 0 saturated carbocycles. The average Bonchev–Trinajstić information content (AvgIpc) is 2.52. The third kappa shape index (κ3) is 3.06. The number of rotatable bonds is 5. The summed E-state index contributed by atoms with van der Waals surface area (Å²) in [6.45, 7) is 0.0886. The predicted molar refractivity (Wildman–Crippen MR) is 83.6 cm³/mol. The molecule has 0 aliphatic rings. The summed E-state index contributed by atoms with van der Waals surface area (Å²) < 4.78 is 19.7. The summed E-state index contributed by atoms with van der Waals surface area (Å²) in [6.07, 6.45) is 1.31. The second-order valence-electron chi connectivity index (χ2n) is 4.39. The molecule has 2 aromatic rings. The van der Waals surface area contributed by atoms with Crippen molar-refractivity contribution in [3.8, 4) is 11.8 Å². The number of nitrogens with one attached hydrogen (secondary N) is 2. The number of aromatic nitrogens is 2. The smallest absolute Gasteiger partial charge is 0.262 e. The molecular formula is C13H11BrClFN4O2. The molecule has 9 heteroatoms. The largest absolute Gasteiger partial charge is 0.489 e. The number of H-pyrrole nitrogens is 1. The Morgan fingerprint density at radius 1 is 1.68 bits per heavy atom. The molecular weight excluding hydrogens is 379 g/mol. The van der Waals surface area contributed by atoms with Crippen LogP contribution in [0.3, 0.4) is 0 Å². The number of hydrogen-bond acceptors (Lipinski definition) is 5. The molecule has 1 atom stereocenters. The van der Waals surface area contributed by atoms with E-state index in [1.807, 2.05) is 6.07 Å². The van der Waals surface area contributed by atoms with Gasteiger partial charge in [0.05, 0.1) is 29.3 Å². The van der Waals surface area contributed by atoms with Gasteiger partial charge in [-0.3, -0.25) is 4.79 Å². The number of benzene rings is 1. The first kappa shape index (κ1) is 16.7. The van der Waals surface area contributed by atoms with Gasteiger partial charge in [0, 0.05) is 0 Å². The topological polar surface area (TPSA) is 90.8 Å². The zero-order chi connectivity index (χ0) is 16.3. The number of fused-ring (bicyclic) bond motifs is 1. The van der Waals surface area contributed by atoms with Gasteiger partial charge in [0.25, 0.3) is 5.56 Å². The molecule has 0 aliphatic carbocycles. The minimum atomic E-state index is -0.736. The van der Waals surface area contributed by atoms with Crippen LogP contribution in [-0.2, 0) is 0 Å². The first-order valence-corrected chi connectivity index (χ1v) is 7.39. The Morgan fingerprint density at radius 2 is 2.41 bits per heavy atom. The minimum Gasteiger partial charge on any atom is -0.489 e. The van der Waals surface area contributed by atoms with Crippen LogP contribution in [-0.4, -0.2) is 29.7 Å². The molecule has 2 N–H and O–H groups in total. The predicted octanol–water partition coefficient (Wildman–Crippen LogP) is 2.36. The Bertz CT molecular complexity index is 805. The molecule has 1 unspecified atom stereocenters. The number of nitrogens with zero attached hydrogens (tertiary/aromatic N) is 2. The highest BCUT2D eigenvalue weighted by Gasteiger charge is 2.22. The lowest BCUT2D eigenvalue weighted by Gasteiger charge is -2.16. The van der Waals surface area contributed by atoms with Gasteiger partial charge >= 0.3 is 0 Å². The average molecular weight is 390 g/mol. The van der Waals surface area contributed by atoms with Crippen molar-refractivity contribution in [3.63, 3.8) is 0 Å². The molecule has 0 amide bonds. The summed E-state index contributed by atoms with van der Waals surface area (Å²) in [5.41, 5.74) is -0.703. The van der Waals surface area contributed by atoms with Gasteiger partial charge < -0.3 is 15.0 Å². The van der Waals surface area contributed by atoms with Gasteiger partial charge in [-0.1, -0.05) is 11.6 Å². The van der Waals surface area contributed by atoms with Gasteiger partial charge in [0.2, 0.25) is 0 Å². The highest BCUT2D eigenvalue weighted by Crippen LogP contribution is 2.39. The van der Waals surface area contributed by atoms with Gasteiger partial charge in [-0.15, -0.1) is 0 Å². The van der Waals surface area contributed by atoms with Crippen molar-refractivity contribution in [2.75, 3.05) is 13.7 Å². The fourth-order valence-electron chi connectivity index (χ4n) is 1.86. The van der Waals surface area contributed by atoms with E-state index < -0.39 is 11.4 Å². The van der Waals surface area contributed by atoms with Gasteiger partial charge in [0.15, 0.2) is 11.6 Å². The fraction of sp³-hybridized carbons (Fsp3) is 0.308. The van der Waals surface area contributed by atoms with Crippen LogP contribution in [0.5, 0.6) is 5.75 Å². The Morgan fingerprint density at radius 3 is 3.05 bits per heavy atom. The Hall–Kier alpha value is -1.69. The maximum Gasteiger partial charge on any atom is 0.262 e. The van der Waals surface area contributed by atoms with E-state index in [0.717, 1.165) is 6.33 Å². The van der Waals surface area contributed by atoms with Crippen LogP contribution in [0.1, 0.15) is 6.42 Å². The summed E-state index contributed by atoms with van der Waals surface area (Å²) in [6, 6.07) is 1.76. The zero-order valence-corrected chi connectivity index (χ0v) is 13.8. The van der Waals surface area contributed by atoms with E-state index in [4.69, 9.17) is 21.6 Å². The molecule has 116 valence electrons. The van der Waals surface area contributed by atoms with Crippen LogP contribution in [0, 0.1) is 17.1 Å². The lowest BCUT2D eigenvalue weighted by Crippen LogP contribution is -2.31. The van der Waals surface area contributed by atoms with Crippen LogP contribution in [0.2, 0.25) is 5.02 Å². The molecule has 1 aromatic carbocycles. The molecule has 0 radical (unpaired) electrons. The molecule has 1 aromatic heterocycles. The highest BCUT2D eigenvalue weighted by molar-refractivity contribution is 9.10. The summed E-state index contributed by atoms with van der Waals surface area (Å²) in [4.78, 5) is 18.2. The minimum absolute atomic E-state index is 0.0254. The third-order valence-electron chi connectivity index (χ3n) is 3.05. The number of halogens is 3. The maximum atomic E-state index is 14.1. The van der Waals surface area contributed by atoms with E-state index in [2.05, 4.69) is 31.2 Å². The highest BCUT2D eigenvalue weighted by atomic mass is 79.9. The summed E-state index contributed by atoms with van der Waals surface area (Å²) in [5, 5.41) is 11.5. The van der Waals surface area contributed by atoms with Gasteiger partial charge in [-0.2, -0.15) is 5.26 Å². The first-order chi connectivity index (χ1) is 10.5. The van der Waals surface area contributed by atoms with E-state index in [9.17, 15) is 9.18 Å². The normalized spacial score (nSPS) is 12.1. The molecule has 0 saturated heterocycles. The zero-order valence-electron chi connectivity index (χ0n) is 11.4. The van der Waals surface area contributed by atoms with Gasteiger partial charge in [-0.05, 0) is 23.0 Å². The van der Waals surface area contributed by atoms with Crippen LogP contribution in [0.25, 0.3) is 10.9 Å². The molecule has 2 rings (SSSR count). The number of aromatic amines is 1. The van der Waals surface area contributed by atoms with E-state index in [0.29, 0.717) is 0 Å².